The smallest absolute Gasteiger partial charge is 0.292 e. The van der Waals surface area contributed by atoms with Gasteiger partial charge in [-0.05, 0) is 18.9 Å². The first-order chi connectivity index (χ1) is 9.27. The number of rotatable bonds is 7. The van der Waals surface area contributed by atoms with Crippen molar-refractivity contribution in [1.29, 1.82) is 0 Å². The fraction of sp³-hybridized carbons (Fsp3) is 0.538. The van der Waals surface area contributed by atoms with Gasteiger partial charge in [-0.15, -0.1) is 0 Å². The monoisotopic (exact) mass is 266 g/mol. The molecule has 1 aliphatic rings. The third-order valence-corrected chi connectivity index (χ3v) is 2.99. The van der Waals surface area contributed by atoms with Gasteiger partial charge in [0.2, 0.25) is 0 Å². The van der Waals surface area contributed by atoms with Gasteiger partial charge in [0.05, 0.1) is 24.2 Å². The molecule has 1 unspecified atom stereocenters. The average Bonchev–Trinajstić information content (AvgIpc) is 2.92. The number of hydrogen-bond acceptors (Lipinski definition) is 5. The first kappa shape index (κ1) is 13.8. The van der Waals surface area contributed by atoms with E-state index >= 15 is 0 Å². The highest BCUT2D eigenvalue weighted by Gasteiger charge is 2.15. The van der Waals surface area contributed by atoms with Crippen LogP contribution in [0.5, 0.6) is 0 Å². The van der Waals surface area contributed by atoms with Crippen molar-refractivity contribution in [3.8, 4) is 0 Å². The minimum Gasteiger partial charge on any atom is -0.377 e. The number of benzene rings is 1. The molecular weight excluding hydrogens is 248 g/mol. The van der Waals surface area contributed by atoms with E-state index in [0.717, 1.165) is 19.4 Å². The summed E-state index contributed by atoms with van der Waals surface area (Å²) in [5.41, 5.74) is 0.606. The van der Waals surface area contributed by atoms with Crippen LogP contribution >= 0.6 is 0 Å². The molecule has 1 N–H and O–H groups in total. The Morgan fingerprint density at radius 1 is 1.47 bits per heavy atom. The van der Waals surface area contributed by atoms with Crippen molar-refractivity contribution in [1.82, 2.24) is 0 Å². The number of nitrogens with zero attached hydrogens (tertiary/aromatic N) is 1. The standard InChI is InChI=1S/C13H18N2O4/c16-15(17)13-6-2-1-5-12(13)14-7-9-18-10-11-4-3-8-19-11/h1-2,5-6,11,14H,3-4,7-10H2. The lowest BCUT2D eigenvalue weighted by Crippen LogP contribution is -2.18. The number of para-hydroxylation sites is 2. The van der Waals surface area contributed by atoms with E-state index in [-0.39, 0.29) is 11.8 Å². The molecule has 1 aromatic carbocycles. The van der Waals surface area contributed by atoms with E-state index in [4.69, 9.17) is 9.47 Å². The highest BCUT2D eigenvalue weighted by molar-refractivity contribution is 5.60. The predicted molar refractivity (Wildman–Crippen MR) is 71.4 cm³/mol. The van der Waals surface area contributed by atoms with Gasteiger partial charge in [0, 0.05) is 19.2 Å². The maximum absolute atomic E-state index is 10.8. The molecular formula is C13H18N2O4. The molecule has 0 aliphatic carbocycles. The number of nitro groups is 1. The van der Waals surface area contributed by atoms with Crippen LogP contribution in [0.25, 0.3) is 0 Å². The second-order valence-corrected chi connectivity index (χ2v) is 4.41. The number of nitro benzene ring substituents is 1. The SMILES string of the molecule is O=[N+]([O-])c1ccccc1NCCOCC1CCCO1. The summed E-state index contributed by atoms with van der Waals surface area (Å²) < 4.78 is 10.9. The topological polar surface area (TPSA) is 73.6 Å². The maximum Gasteiger partial charge on any atom is 0.292 e. The summed E-state index contributed by atoms with van der Waals surface area (Å²) in [4.78, 5) is 10.4. The van der Waals surface area contributed by atoms with Crippen LogP contribution in [0, 0.1) is 10.1 Å². The lowest BCUT2D eigenvalue weighted by atomic mass is 10.2. The molecule has 104 valence electrons. The van der Waals surface area contributed by atoms with Crippen LogP contribution in [-0.4, -0.2) is 37.4 Å². The molecule has 0 radical (unpaired) electrons. The number of ether oxygens (including phenoxy) is 2. The molecule has 0 aromatic heterocycles. The molecule has 2 rings (SSSR count). The molecule has 6 heteroatoms. The fourth-order valence-corrected chi connectivity index (χ4v) is 2.03. The summed E-state index contributed by atoms with van der Waals surface area (Å²) in [5, 5.41) is 13.8. The van der Waals surface area contributed by atoms with Crippen LogP contribution in [0.4, 0.5) is 11.4 Å². The van der Waals surface area contributed by atoms with Gasteiger partial charge in [-0.25, -0.2) is 0 Å². The number of nitrogens with one attached hydrogen (secondary N) is 1. The predicted octanol–water partition coefficient (Wildman–Crippen LogP) is 2.20. The molecule has 1 fully saturated rings. The van der Waals surface area contributed by atoms with Gasteiger partial charge in [-0.3, -0.25) is 10.1 Å². The average molecular weight is 266 g/mol. The van der Waals surface area contributed by atoms with Gasteiger partial charge < -0.3 is 14.8 Å². The Morgan fingerprint density at radius 3 is 3.05 bits per heavy atom. The summed E-state index contributed by atoms with van der Waals surface area (Å²) in [6.45, 7) is 2.46. The van der Waals surface area contributed by atoms with Crippen LogP contribution in [0.2, 0.25) is 0 Å². The highest BCUT2D eigenvalue weighted by atomic mass is 16.6. The third-order valence-electron chi connectivity index (χ3n) is 2.99. The zero-order chi connectivity index (χ0) is 13.5. The summed E-state index contributed by atoms with van der Waals surface area (Å²) >= 11 is 0. The first-order valence-electron chi connectivity index (χ1n) is 6.44. The van der Waals surface area contributed by atoms with Crippen LogP contribution in [0.3, 0.4) is 0 Å². The molecule has 1 aliphatic heterocycles. The van der Waals surface area contributed by atoms with E-state index in [0.29, 0.717) is 25.4 Å². The van der Waals surface area contributed by atoms with Gasteiger partial charge in [-0.2, -0.15) is 0 Å². The van der Waals surface area contributed by atoms with Gasteiger partial charge in [0.1, 0.15) is 5.69 Å². The van der Waals surface area contributed by atoms with E-state index in [1.807, 2.05) is 0 Å². The van der Waals surface area contributed by atoms with Crippen molar-refractivity contribution in [2.24, 2.45) is 0 Å². The normalized spacial score (nSPS) is 18.4. The van der Waals surface area contributed by atoms with E-state index in [2.05, 4.69) is 5.32 Å². The van der Waals surface area contributed by atoms with Crippen LogP contribution in [0.1, 0.15) is 12.8 Å². The lowest BCUT2D eigenvalue weighted by molar-refractivity contribution is -0.384. The van der Waals surface area contributed by atoms with Crippen molar-refractivity contribution < 1.29 is 14.4 Å². The van der Waals surface area contributed by atoms with Gasteiger partial charge >= 0.3 is 0 Å². The quantitative estimate of drug-likeness (QED) is 0.465. The summed E-state index contributed by atoms with van der Waals surface area (Å²) in [6, 6.07) is 6.59. The number of hydrogen-bond donors (Lipinski definition) is 1. The molecule has 1 heterocycles. The Kier molecular flexibility index (Phi) is 5.11. The van der Waals surface area contributed by atoms with E-state index in [9.17, 15) is 10.1 Å². The summed E-state index contributed by atoms with van der Waals surface area (Å²) in [7, 11) is 0. The Bertz CT molecular complexity index is 419. The van der Waals surface area contributed by atoms with E-state index in [1.165, 1.54) is 6.07 Å². The molecule has 19 heavy (non-hydrogen) atoms. The van der Waals surface area contributed by atoms with Gasteiger partial charge in [0.15, 0.2) is 0 Å². The minimum absolute atomic E-state index is 0.0848. The first-order valence-corrected chi connectivity index (χ1v) is 6.44. The number of anilines is 1. The molecule has 0 saturated carbocycles. The summed E-state index contributed by atoms with van der Waals surface area (Å²) in [5.74, 6) is 0. The van der Waals surface area contributed by atoms with Crippen LogP contribution < -0.4 is 5.32 Å². The van der Waals surface area contributed by atoms with E-state index in [1.54, 1.807) is 18.2 Å². The minimum atomic E-state index is -0.393. The Labute approximate surface area is 111 Å². The Balaban J connectivity index is 1.69. The molecule has 1 atom stereocenters. The third kappa shape index (κ3) is 4.18. The molecule has 1 saturated heterocycles. The van der Waals surface area contributed by atoms with Crippen molar-refractivity contribution in [2.75, 3.05) is 31.7 Å². The van der Waals surface area contributed by atoms with Crippen LogP contribution in [-0.2, 0) is 9.47 Å². The largest absolute Gasteiger partial charge is 0.377 e. The molecule has 0 spiro atoms. The van der Waals surface area contributed by atoms with Crippen molar-refractivity contribution in [2.45, 2.75) is 18.9 Å². The lowest BCUT2D eigenvalue weighted by Gasteiger charge is -2.11. The zero-order valence-electron chi connectivity index (χ0n) is 10.7. The van der Waals surface area contributed by atoms with Crippen molar-refractivity contribution >= 4 is 11.4 Å². The molecule has 0 bridgehead atoms. The second-order valence-electron chi connectivity index (χ2n) is 4.41. The second kappa shape index (κ2) is 7.06. The molecule has 1 aromatic rings. The fourth-order valence-electron chi connectivity index (χ4n) is 2.03. The van der Waals surface area contributed by atoms with Crippen molar-refractivity contribution in [3.05, 3.63) is 34.4 Å². The highest BCUT2D eigenvalue weighted by Crippen LogP contribution is 2.22. The van der Waals surface area contributed by atoms with Gasteiger partial charge in [-0.1, -0.05) is 12.1 Å². The zero-order valence-corrected chi connectivity index (χ0v) is 10.7. The van der Waals surface area contributed by atoms with Gasteiger partial charge in [0.25, 0.3) is 5.69 Å². The van der Waals surface area contributed by atoms with E-state index < -0.39 is 4.92 Å². The molecule has 6 nitrogen and oxygen atoms in total. The van der Waals surface area contributed by atoms with Crippen molar-refractivity contribution in [3.63, 3.8) is 0 Å². The maximum atomic E-state index is 10.8. The Morgan fingerprint density at radius 2 is 2.32 bits per heavy atom. The molecule has 0 amide bonds. The summed E-state index contributed by atoms with van der Waals surface area (Å²) in [6.07, 6.45) is 2.37. The Hall–Kier alpha value is -1.66. The van der Waals surface area contributed by atoms with Crippen LogP contribution in [0.15, 0.2) is 24.3 Å².